The number of piperidine rings is 1. The Hall–Kier alpha value is -2.86. The van der Waals surface area contributed by atoms with Gasteiger partial charge in [-0.05, 0) is 66.9 Å². The van der Waals surface area contributed by atoms with Crippen LogP contribution in [0.1, 0.15) is 18.4 Å². The molecule has 2 aromatic heterocycles. The van der Waals surface area contributed by atoms with Crippen molar-refractivity contribution >= 4 is 58.5 Å². The van der Waals surface area contributed by atoms with Crippen molar-refractivity contribution < 1.29 is 17.9 Å². The molecule has 1 aliphatic heterocycles. The number of aromatic nitrogens is 2. The van der Waals surface area contributed by atoms with Crippen molar-refractivity contribution in [2.24, 2.45) is 5.92 Å². The van der Waals surface area contributed by atoms with Crippen LogP contribution in [-0.4, -0.2) is 48.8 Å². The van der Waals surface area contributed by atoms with Gasteiger partial charge in [-0.25, -0.2) is 13.4 Å². The highest BCUT2D eigenvalue weighted by molar-refractivity contribution is 9.10. The molecular formula is C26H25BrN4O4S2. The fraction of sp³-hybridized carbons (Fsp3) is 0.269. The van der Waals surface area contributed by atoms with E-state index in [1.54, 1.807) is 41.6 Å². The first-order valence-corrected chi connectivity index (χ1v) is 14.8. The molecule has 2 aromatic carbocycles. The average molecular weight is 602 g/mol. The van der Waals surface area contributed by atoms with Gasteiger partial charge in [0.15, 0.2) is 5.13 Å². The summed E-state index contributed by atoms with van der Waals surface area (Å²) in [7, 11) is -2.11. The van der Waals surface area contributed by atoms with Gasteiger partial charge in [-0.1, -0.05) is 33.3 Å². The van der Waals surface area contributed by atoms with Crippen LogP contribution in [0.3, 0.4) is 0 Å². The molecule has 1 amide bonds. The lowest BCUT2D eigenvalue weighted by Gasteiger charge is -2.33. The van der Waals surface area contributed by atoms with E-state index in [-0.39, 0.29) is 29.8 Å². The van der Waals surface area contributed by atoms with E-state index < -0.39 is 10.0 Å². The maximum absolute atomic E-state index is 13.8. The number of carbonyl (C=O) groups is 1. The third-order valence-electron chi connectivity index (χ3n) is 6.40. The fourth-order valence-corrected chi connectivity index (χ4v) is 7.37. The molecule has 0 radical (unpaired) electrons. The number of anilines is 1. The molecule has 5 rings (SSSR count). The molecular weight excluding hydrogens is 576 g/mol. The van der Waals surface area contributed by atoms with E-state index in [2.05, 4.69) is 20.9 Å². The molecule has 3 heterocycles. The van der Waals surface area contributed by atoms with Crippen LogP contribution in [0.5, 0.6) is 5.75 Å². The molecule has 4 aromatic rings. The van der Waals surface area contributed by atoms with Crippen LogP contribution in [0.25, 0.3) is 10.2 Å². The van der Waals surface area contributed by atoms with Crippen molar-refractivity contribution in [2.75, 3.05) is 25.1 Å². The number of amides is 1. The molecule has 0 bridgehead atoms. The molecule has 0 unspecified atom stereocenters. The zero-order chi connectivity index (χ0) is 26.0. The monoisotopic (exact) mass is 600 g/mol. The van der Waals surface area contributed by atoms with Crippen molar-refractivity contribution in [2.45, 2.75) is 24.3 Å². The maximum atomic E-state index is 13.8. The number of carbonyl (C=O) groups excluding carboxylic acids is 1. The zero-order valence-corrected chi connectivity index (χ0v) is 23.3. The average Bonchev–Trinajstić information content (AvgIpc) is 3.35. The first kappa shape index (κ1) is 25.8. The van der Waals surface area contributed by atoms with Crippen molar-refractivity contribution in [1.29, 1.82) is 0 Å². The van der Waals surface area contributed by atoms with Gasteiger partial charge in [-0.3, -0.25) is 14.7 Å². The number of methoxy groups -OCH3 is 1. The van der Waals surface area contributed by atoms with E-state index in [0.717, 1.165) is 20.3 Å². The summed E-state index contributed by atoms with van der Waals surface area (Å²) in [6.45, 7) is 0.897. The third kappa shape index (κ3) is 5.54. The summed E-state index contributed by atoms with van der Waals surface area (Å²) in [6, 6.07) is 16.0. The van der Waals surface area contributed by atoms with Crippen LogP contribution < -0.4 is 9.64 Å². The van der Waals surface area contributed by atoms with Crippen molar-refractivity contribution in [3.63, 3.8) is 0 Å². The number of pyridine rings is 1. The topological polar surface area (TPSA) is 92.7 Å². The molecule has 0 atom stereocenters. The standard InChI is InChI=1S/C26H25BrN4O4S2/c1-35-21-5-7-22(8-6-21)37(33,34)30-13-10-19(11-14-30)25(32)31(17-18-3-2-12-28-16-18)26-29-23-9-4-20(27)15-24(23)36-26/h2-9,12,15-16,19H,10-11,13-14,17H2,1H3. The number of rotatable bonds is 7. The molecule has 1 saturated heterocycles. The van der Waals surface area contributed by atoms with E-state index >= 15 is 0 Å². The minimum atomic E-state index is -3.65. The van der Waals surface area contributed by atoms with Gasteiger partial charge >= 0.3 is 0 Å². The van der Waals surface area contributed by atoms with Gasteiger partial charge in [0.25, 0.3) is 0 Å². The first-order valence-electron chi connectivity index (χ1n) is 11.8. The van der Waals surface area contributed by atoms with E-state index in [0.29, 0.717) is 30.3 Å². The Bertz CT molecular complexity index is 1500. The number of hydrogen-bond donors (Lipinski definition) is 0. The zero-order valence-electron chi connectivity index (χ0n) is 20.1. The first-order chi connectivity index (χ1) is 17.8. The number of halogens is 1. The van der Waals surface area contributed by atoms with Gasteiger partial charge in [-0.15, -0.1) is 0 Å². The normalized spacial score (nSPS) is 15.1. The Kier molecular flexibility index (Phi) is 7.57. The molecule has 0 spiro atoms. The van der Waals surface area contributed by atoms with Crippen LogP contribution in [0.4, 0.5) is 5.13 Å². The molecule has 0 saturated carbocycles. The minimum absolute atomic E-state index is 0.0523. The third-order valence-corrected chi connectivity index (χ3v) is 9.85. The SMILES string of the molecule is COc1ccc(S(=O)(=O)N2CCC(C(=O)N(Cc3cccnc3)c3nc4ccc(Br)cc4s3)CC2)cc1. The number of fused-ring (bicyclic) bond motifs is 1. The molecule has 1 aliphatic rings. The van der Waals surface area contributed by atoms with E-state index in [1.807, 2.05) is 30.3 Å². The number of benzene rings is 2. The van der Waals surface area contributed by atoms with E-state index in [9.17, 15) is 13.2 Å². The molecule has 0 N–H and O–H groups in total. The Morgan fingerprint density at radius 3 is 2.59 bits per heavy atom. The second kappa shape index (κ2) is 10.9. The Labute approximate surface area is 228 Å². The van der Waals surface area contributed by atoms with Crippen LogP contribution in [-0.2, 0) is 21.4 Å². The van der Waals surface area contributed by atoms with Gasteiger partial charge < -0.3 is 4.74 Å². The van der Waals surface area contributed by atoms with E-state index in [1.165, 1.54) is 22.8 Å². The lowest BCUT2D eigenvalue weighted by atomic mass is 9.96. The summed E-state index contributed by atoms with van der Waals surface area (Å²) < 4.78 is 34.8. The van der Waals surface area contributed by atoms with E-state index in [4.69, 9.17) is 9.72 Å². The number of hydrogen-bond acceptors (Lipinski definition) is 7. The summed E-state index contributed by atoms with van der Waals surface area (Å²) >= 11 is 4.96. The van der Waals surface area contributed by atoms with Crippen LogP contribution >= 0.6 is 27.3 Å². The fourth-order valence-electron chi connectivity index (χ4n) is 4.38. The number of ether oxygens (including phenoxy) is 1. The predicted molar refractivity (Wildman–Crippen MR) is 147 cm³/mol. The van der Waals surface area contributed by atoms with Crippen molar-refractivity contribution in [3.05, 3.63) is 77.0 Å². The highest BCUT2D eigenvalue weighted by Gasteiger charge is 2.35. The molecule has 0 aliphatic carbocycles. The number of sulfonamides is 1. The summed E-state index contributed by atoms with van der Waals surface area (Å²) in [6.07, 6.45) is 4.32. The quantitative estimate of drug-likeness (QED) is 0.293. The van der Waals surface area contributed by atoms with Gasteiger partial charge in [0.05, 0.1) is 28.8 Å². The summed E-state index contributed by atoms with van der Waals surface area (Å²) in [5, 5.41) is 0.621. The van der Waals surface area contributed by atoms with Gasteiger partial charge in [0, 0.05) is 35.9 Å². The second-order valence-electron chi connectivity index (χ2n) is 8.75. The Balaban J connectivity index is 1.35. The Morgan fingerprint density at radius 2 is 1.92 bits per heavy atom. The van der Waals surface area contributed by atoms with Crippen molar-refractivity contribution in [3.8, 4) is 5.75 Å². The number of nitrogens with zero attached hydrogens (tertiary/aromatic N) is 4. The second-order valence-corrected chi connectivity index (χ2v) is 12.6. The van der Waals surface area contributed by atoms with Gasteiger partial charge in [0.2, 0.25) is 15.9 Å². The van der Waals surface area contributed by atoms with Crippen LogP contribution in [0.15, 0.2) is 76.4 Å². The van der Waals surface area contributed by atoms with Crippen LogP contribution in [0.2, 0.25) is 0 Å². The summed E-state index contributed by atoms with van der Waals surface area (Å²) in [4.78, 5) is 24.7. The largest absolute Gasteiger partial charge is 0.497 e. The summed E-state index contributed by atoms with van der Waals surface area (Å²) in [5.74, 6) is 0.236. The molecule has 8 nitrogen and oxygen atoms in total. The smallest absolute Gasteiger partial charge is 0.243 e. The van der Waals surface area contributed by atoms with Gasteiger partial charge in [0.1, 0.15) is 5.75 Å². The lowest BCUT2D eigenvalue weighted by Crippen LogP contribution is -2.44. The van der Waals surface area contributed by atoms with Crippen molar-refractivity contribution in [1.82, 2.24) is 14.3 Å². The van der Waals surface area contributed by atoms with Crippen LogP contribution in [0, 0.1) is 5.92 Å². The molecule has 1 fully saturated rings. The predicted octanol–water partition coefficient (Wildman–Crippen LogP) is 5.10. The molecule has 11 heteroatoms. The maximum Gasteiger partial charge on any atom is 0.243 e. The highest BCUT2D eigenvalue weighted by atomic mass is 79.9. The van der Waals surface area contributed by atoms with Gasteiger partial charge in [-0.2, -0.15) is 4.31 Å². The number of thiazole rings is 1. The minimum Gasteiger partial charge on any atom is -0.497 e. The Morgan fingerprint density at radius 1 is 1.16 bits per heavy atom. The molecule has 37 heavy (non-hydrogen) atoms. The molecule has 192 valence electrons. The summed E-state index contributed by atoms with van der Waals surface area (Å²) in [5.41, 5.74) is 1.73. The highest BCUT2D eigenvalue weighted by Crippen LogP contribution is 2.34. The lowest BCUT2D eigenvalue weighted by molar-refractivity contribution is -0.123.